The van der Waals surface area contributed by atoms with Crippen LogP contribution in [0.1, 0.15) is 11.4 Å². The minimum atomic E-state index is -0.568. The third-order valence-electron chi connectivity index (χ3n) is 13.2. The molecule has 0 unspecified atom stereocenters. The number of nitrogens with two attached hydrogens (primary N) is 2. The third kappa shape index (κ3) is 5.66. The molecule has 0 aliphatic rings. The van der Waals surface area contributed by atoms with Crippen molar-refractivity contribution in [2.24, 2.45) is 0 Å². The van der Waals surface area contributed by atoms with Gasteiger partial charge in [-0.1, -0.05) is 99.1 Å². The molecule has 5 heterocycles. The van der Waals surface area contributed by atoms with Crippen LogP contribution in [0.15, 0.2) is 92.0 Å². The zero-order valence-electron chi connectivity index (χ0n) is 37.9. The van der Waals surface area contributed by atoms with Crippen LogP contribution in [0.25, 0.3) is 150 Å². The minimum absolute atomic E-state index is 0.0200. The van der Waals surface area contributed by atoms with Gasteiger partial charge >= 0.3 is 11.3 Å². The Morgan fingerprint density at radius 2 is 0.632 bits per heavy atom. The van der Waals surface area contributed by atoms with Gasteiger partial charge in [-0.3, -0.25) is 19.2 Å². The van der Waals surface area contributed by atoms with Crippen molar-refractivity contribution >= 4 is 166 Å². The highest BCUT2D eigenvalue weighted by Gasteiger charge is 2.28. The maximum atomic E-state index is 12.4. The van der Waals surface area contributed by atoms with E-state index in [2.05, 4.69) is 49.3 Å². The molecule has 346 valence electrons. The molecule has 22 heteroatoms. The van der Waals surface area contributed by atoms with Gasteiger partial charge in [0.2, 0.25) is 21.7 Å². The van der Waals surface area contributed by atoms with Crippen molar-refractivity contribution < 1.29 is 0 Å². The Morgan fingerprint density at radius 1 is 0.342 bits per heavy atom. The Kier molecular flexibility index (Phi) is 8.87. The molecule has 0 fully saturated rings. The van der Waals surface area contributed by atoms with Gasteiger partial charge in [0.1, 0.15) is 28.7 Å². The highest BCUT2D eigenvalue weighted by atomic mass is 16.2. The number of benzene rings is 6. The minimum Gasteiger partial charge on any atom is -0.370 e. The summed E-state index contributed by atoms with van der Waals surface area (Å²) < 4.78 is 0. The summed E-state index contributed by atoms with van der Waals surface area (Å²) >= 11 is 0. The zero-order chi connectivity index (χ0) is 52.6. The Morgan fingerprint density at radius 3 is 0.987 bits per heavy atom. The maximum absolute atomic E-state index is 12.4. The number of hydrogen-bond donors (Lipinski definition) is 2. The molecule has 0 amide bonds. The van der Waals surface area contributed by atoms with Crippen molar-refractivity contribution in [2.45, 2.75) is 0 Å². The van der Waals surface area contributed by atoms with Crippen LogP contribution in [0.4, 0.5) is 34.9 Å². The average molecular weight is 981 g/mol. The van der Waals surface area contributed by atoms with Gasteiger partial charge in [0, 0.05) is 64.6 Å². The summed E-state index contributed by atoms with van der Waals surface area (Å²) in [4.78, 5) is 105. The number of aromatic nitrogens is 10. The van der Waals surface area contributed by atoms with Crippen LogP contribution in [-0.2, 0) is 0 Å². The lowest BCUT2D eigenvalue weighted by molar-refractivity contribution is 1.14. The zero-order valence-corrected chi connectivity index (χ0v) is 37.9. The lowest BCUT2D eigenvalue weighted by atomic mass is 9.96. The number of hydrogen-bond acceptors (Lipinski definition) is 18. The molecule has 0 aliphatic heterocycles. The number of nitrogen functional groups attached to an aromatic ring is 2. The molecular formula is C54H16N18O4. The maximum Gasteiger partial charge on any atom is 0.316 e. The van der Waals surface area contributed by atoms with Crippen LogP contribution in [0.2, 0.25) is 0 Å². The summed E-state index contributed by atoms with van der Waals surface area (Å²) in [5.74, 6) is -0.497. The fraction of sp³-hybridized carbons (Fsp3) is 0. The highest BCUT2D eigenvalue weighted by molar-refractivity contribution is 6.46. The fourth-order valence-corrected chi connectivity index (χ4v) is 10.2. The molecule has 0 atom stereocenters. The second-order valence-electron chi connectivity index (χ2n) is 17.0. The third-order valence-corrected chi connectivity index (χ3v) is 13.2. The second kappa shape index (κ2) is 15.5. The molecule has 0 aliphatic carbocycles. The predicted molar refractivity (Wildman–Crippen MR) is 283 cm³/mol. The van der Waals surface area contributed by atoms with Crippen LogP contribution < -0.4 is 33.2 Å². The summed E-state index contributed by atoms with van der Waals surface area (Å²) in [6.45, 7) is 28.1. The normalized spacial score (nSPS) is 11.4. The number of anilines is 2. The smallest absolute Gasteiger partial charge is 0.316 e. The molecular weight excluding hydrogens is 965 g/mol. The van der Waals surface area contributed by atoms with Gasteiger partial charge in [0.05, 0.1) is 5.52 Å². The quantitative estimate of drug-likeness (QED) is 0.0824. The Hall–Kier alpha value is -12.5. The topological polar surface area (TPSA) is 314 Å². The molecule has 15 aromatic rings. The van der Waals surface area contributed by atoms with Gasteiger partial charge < -0.3 is 30.8 Å². The molecule has 22 nitrogen and oxygen atoms in total. The Bertz CT molecular complexity index is 5350. The molecule has 0 saturated heterocycles. The second-order valence-corrected chi connectivity index (χ2v) is 17.0. The molecule has 15 rings (SSSR count). The number of rotatable bonds is 0. The first-order valence-electron chi connectivity index (χ1n) is 22.1. The lowest BCUT2D eigenvalue weighted by Crippen LogP contribution is -2.17. The Labute approximate surface area is 419 Å². The monoisotopic (exact) mass is 980 g/mol. The molecule has 0 radical (unpaired) electrons. The number of nitrogens with zero attached hydrogens (tertiary/aromatic N) is 16. The van der Waals surface area contributed by atoms with E-state index < -0.39 is 21.7 Å². The average Bonchev–Trinajstić information content (AvgIpc) is 4.33. The van der Waals surface area contributed by atoms with Gasteiger partial charge in [0.15, 0.2) is 22.7 Å². The first-order chi connectivity index (χ1) is 36.9. The van der Waals surface area contributed by atoms with Crippen molar-refractivity contribution in [1.82, 2.24) is 49.8 Å². The van der Waals surface area contributed by atoms with Crippen LogP contribution in [0.5, 0.6) is 0 Å². The van der Waals surface area contributed by atoms with E-state index in [0.717, 1.165) is 43.1 Å². The van der Waals surface area contributed by atoms with Crippen LogP contribution in [0.3, 0.4) is 0 Å². The standard InChI is InChI=1S/C30H6N12.C18H6O4.C6H4N6/c1-33-25-26(34-2)42-30-29(41-25)38-22-14-8-4-5-11-18(14)20(24(22)40-30)12-6-3-7-13-17(12)19(11)23-21(13)37-27-28(39-23)36-16(10-32)15(9-31)35-27;19-15-9-5-1-3-7-11(9)14(18(15)22)8-4-2-6-10-12(8)13(7)17(21)16(10)20;1-9-5-6(10-2)12-4(8)3(7)11-5/h3-8H;1-6H;(H2,7,11)(H2,8,12). The van der Waals surface area contributed by atoms with Crippen LogP contribution in [0, 0.1) is 49.0 Å². The number of fused-ring (bicyclic) bond motifs is 12. The SMILES string of the molecule is O=c1c(=O)c2c3cccc4c(=O)c(=O)c(c5cccc1c52)c43.[C-]#[N+]c1nc(N)c(N)nc1[N+]#[C-].[C-]#[N+]c1nc2nc3c4cccc5c4c(c4cccc6c7nc8nc(C#N)c(C#N)nc8nc7c5c64)c3nc2nc1[N+]#[C-]. The van der Waals surface area contributed by atoms with E-state index in [9.17, 15) is 29.7 Å². The molecule has 5 aromatic heterocycles. The van der Waals surface area contributed by atoms with E-state index in [1.54, 1.807) is 36.4 Å². The summed E-state index contributed by atoms with van der Waals surface area (Å²) in [6, 6.07) is 25.5. The molecule has 0 saturated carbocycles. The summed E-state index contributed by atoms with van der Waals surface area (Å²) in [6.07, 6.45) is 0. The first kappa shape index (κ1) is 43.5. The van der Waals surface area contributed by atoms with Crippen LogP contribution in [-0.4, -0.2) is 49.8 Å². The van der Waals surface area contributed by atoms with Gasteiger partial charge in [-0.25, -0.2) is 19.9 Å². The largest absolute Gasteiger partial charge is 0.370 e. The molecule has 10 aromatic carbocycles. The molecule has 4 N–H and O–H groups in total. The highest BCUT2D eigenvalue weighted by Crippen LogP contribution is 2.49. The van der Waals surface area contributed by atoms with Gasteiger partial charge in [-0.05, 0) is 21.5 Å². The van der Waals surface area contributed by atoms with Crippen molar-refractivity contribution in [3.8, 4) is 12.1 Å². The van der Waals surface area contributed by atoms with Crippen molar-refractivity contribution in [3.63, 3.8) is 0 Å². The van der Waals surface area contributed by atoms with Crippen molar-refractivity contribution in [3.05, 3.63) is 171 Å². The molecule has 0 spiro atoms. The number of nitriles is 2. The molecule has 0 bridgehead atoms. The van der Waals surface area contributed by atoms with Crippen LogP contribution >= 0.6 is 0 Å². The lowest BCUT2D eigenvalue weighted by Gasteiger charge is -2.06. The van der Waals surface area contributed by atoms with Crippen molar-refractivity contribution in [1.29, 1.82) is 10.5 Å². The predicted octanol–water partition coefficient (Wildman–Crippen LogP) is 8.03. The van der Waals surface area contributed by atoms with E-state index in [1.807, 2.05) is 48.5 Å². The van der Waals surface area contributed by atoms with E-state index in [4.69, 9.17) is 57.7 Å². The summed E-state index contributed by atoms with van der Waals surface area (Å²) in [7, 11) is 0. The van der Waals surface area contributed by atoms with Crippen molar-refractivity contribution in [2.75, 3.05) is 11.5 Å². The van der Waals surface area contributed by atoms with E-state index in [1.165, 1.54) is 0 Å². The van der Waals surface area contributed by atoms with Gasteiger partial charge in [-0.2, -0.15) is 20.5 Å². The molecule has 76 heavy (non-hydrogen) atoms. The van der Waals surface area contributed by atoms with E-state index >= 15 is 0 Å². The van der Waals surface area contributed by atoms with Gasteiger partial charge in [-0.15, -0.1) is 19.9 Å². The first-order valence-corrected chi connectivity index (χ1v) is 22.1. The van der Waals surface area contributed by atoms with Gasteiger partial charge in [0.25, 0.3) is 34.9 Å². The van der Waals surface area contributed by atoms with E-state index in [0.29, 0.717) is 65.2 Å². The summed E-state index contributed by atoms with van der Waals surface area (Å²) in [5.41, 5.74) is 11.3. The van der Waals surface area contributed by atoms with E-state index in [-0.39, 0.29) is 68.9 Å². The fourth-order valence-electron chi connectivity index (χ4n) is 10.2. The Balaban J connectivity index is 0.000000134. The summed E-state index contributed by atoms with van der Waals surface area (Å²) in [5, 5.41) is 29.3.